The van der Waals surface area contributed by atoms with Gasteiger partial charge in [-0.3, -0.25) is 4.90 Å². The molecule has 1 saturated carbocycles. The molecule has 1 saturated heterocycles. The van der Waals surface area contributed by atoms with Gasteiger partial charge in [0.2, 0.25) is 0 Å². The Labute approximate surface area is 129 Å². The van der Waals surface area contributed by atoms with Gasteiger partial charge in [0, 0.05) is 25.7 Å². The normalized spacial score (nSPS) is 21.1. The van der Waals surface area contributed by atoms with Crippen molar-refractivity contribution in [3.63, 3.8) is 0 Å². The summed E-state index contributed by atoms with van der Waals surface area (Å²) in [7, 11) is 2.21. The predicted octanol–water partition coefficient (Wildman–Crippen LogP) is 2.59. The van der Waals surface area contributed by atoms with E-state index >= 15 is 0 Å². The Kier molecular flexibility index (Phi) is 4.94. The lowest BCUT2D eigenvalue weighted by atomic mass is 10.0. The summed E-state index contributed by atoms with van der Waals surface area (Å²) < 4.78 is 0. The van der Waals surface area contributed by atoms with Crippen molar-refractivity contribution in [2.75, 3.05) is 39.8 Å². The summed E-state index contributed by atoms with van der Waals surface area (Å²) in [6, 6.07) is 9.55. The van der Waals surface area contributed by atoms with E-state index < -0.39 is 0 Å². The van der Waals surface area contributed by atoms with Gasteiger partial charge in [-0.25, -0.2) is 0 Å². The van der Waals surface area contributed by atoms with Crippen LogP contribution in [-0.4, -0.2) is 49.6 Å². The number of nitrogens with two attached hydrogens (primary N) is 1. The quantitative estimate of drug-likeness (QED) is 0.836. The molecule has 3 nitrogen and oxygen atoms in total. The zero-order valence-electron chi connectivity index (χ0n) is 13.3. The van der Waals surface area contributed by atoms with Crippen molar-refractivity contribution in [2.24, 2.45) is 5.73 Å². The lowest BCUT2D eigenvalue weighted by Gasteiger charge is -2.29. The van der Waals surface area contributed by atoms with Gasteiger partial charge in [-0.1, -0.05) is 24.3 Å². The van der Waals surface area contributed by atoms with Crippen molar-refractivity contribution >= 4 is 0 Å². The van der Waals surface area contributed by atoms with Crippen LogP contribution in [0.5, 0.6) is 0 Å². The van der Waals surface area contributed by atoms with Gasteiger partial charge in [0.05, 0.1) is 0 Å². The highest BCUT2D eigenvalue weighted by Gasteiger charge is 2.24. The summed E-state index contributed by atoms with van der Waals surface area (Å²) in [5, 5.41) is 0. The van der Waals surface area contributed by atoms with Crippen molar-refractivity contribution in [2.45, 2.75) is 37.6 Å². The maximum absolute atomic E-state index is 6.04. The standard InChI is InChI=1S/C18H29N3/c1-20(12-13-21-10-2-3-11-21)18(14-19)17-8-6-16(7-9-17)15-4-5-15/h6-9,15,18H,2-5,10-14,19H2,1H3. The highest BCUT2D eigenvalue weighted by molar-refractivity contribution is 5.29. The van der Waals surface area contributed by atoms with Gasteiger partial charge in [-0.05, 0) is 62.9 Å². The Morgan fingerprint density at radius 3 is 2.43 bits per heavy atom. The Morgan fingerprint density at radius 1 is 1.19 bits per heavy atom. The summed E-state index contributed by atoms with van der Waals surface area (Å²) >= 11 is 0. The molecule has 0 spiro atoms. The molecule has 1 atom stereocenters. The molecule has 2 fully saturated rings. The van der Waals surface area contributed by atoms with E-state index in [4.69, 9.17) is 5.73 Å². The molecule has 21 heavy (non-hydrogen) atoms. The van der Waals surface area contributed by atoms with Crippen LogP contribution in [-0.2, 0) is 0 Å². The largest absolute Gasteiger partial charge is 0.329 e. The summed E-state index contributed by atoms with van der Waals surface area (Å²) in [5.41, 5.74) is 8.92. The molecular formula is C18H29N3. The van der Waals surface area contributed by atoms with E-state index in [1.54, 1.807) is 0 Å². The van der Waals surface area contributed by atoms with Gasteiger partial charge in [0.25, 0.3) is 0 Å². The Hall–Kier alpha value is -0.900. The van der Waals surface area contributed by atoms with E-state index in [9.17, 15) is 0 Å². The van der Waals surface area contributed by atoms with Gasteiger partial charge >= 0.3 is 0 Å². The minimum absolute atomic E-state index is 0.348. The van der Waals surface area contributed by atoms with Crippen LogP contribution < -0.4 is 5.73 Å². The summed E-state index contributed by atoms with van der Waals surface area (Å²) in [6.45, 7) is 5.52. The first-order valence-electron chi connectivity index (χ1n) is 8.50. The molecule has 1 heterocycles. The third-order valence-corrected chi connectivity index (χ3v) is 5.09. The minimum Gasteiger partial charge on any atom is -0.329 e. The molecule has 3 rings (SSSR count). The lowest BCUT2D eigenvalue weighted by molar-refractivity contribution is 0.209. The van der Waals surface area contributed by atoms with Gasteiger partial charge in [0.15, 0.2) is 0 Å². The second kappa shape index (κ2) is 6.91. The van der Waals surface area contributed by atoms with Crippen LogP contribution in [0.2, 0.25) is 0 Å². The smallest absolute Gasteiger partial charge is 0.0467 e. The molecule has 1 aliphatic heterocycles. The molecule has 1 unspecified atom stereocenters. The molecule has 1 aromatic carbocycles. The molecule has 1 aromatic rings. The predicted molar refractivity (Wildman–Crippen MR) is 88.5 cm³/mol. The van der Waals surface area contributed by atoms with Crippen molar-refractivity contribution in [1.29, 1.82) is 0 Å². The average molecular weight is 287 g/mol. The summed E-state index contributed by atoms with van der Waals surface area (Å²) in [4.78, 5) is 4.99. The van der Waals surface area contributed by atoms with Crippen molar-refractivity contribution in [3.05, 3.63) is 35.4 Å². The molecule has 116 valence electrons. The first kappa shape index (κ1) is 15.0. The maximum Gasteiger partial charge on any atom is 0.0467 e. The molecule has 1 aliphatic carbocycles. The SMILES string of the molecule is CN(CCN1CCCC1)C(CN)c1ccc(C2CC2)cc1. The second-order valence-electron chi connectivity index (χ2n) is 6.72. The molecular weight excluding hydrogens is 258 g/mol. The summed E-state index contributed by atoms with van der Waals surface area (Å²) in [5.74, 6) is 0.836. The number of likely N-dealkylation sites (N-methyl/N-ethyl adjacent to an activating group) is 1. The topological polar surface area (TPSA) is 32.5 Å². The second-order valence-corrected chi connectivity index (χ2v) is 6.72. The summed E-state index contributed by atoms with van der Waals surface area (Å²) in [6.07, 6.45) is 5.48. The third-order valence-electron chi connectivity index (χ3n) is 5.09. The van der Waals surface area contributed by atoms with Gasteiger partial charge in [-0.15, -0.1) is 0 Å². The number of hydrogen-bond donors (Lipinski definition) is 1. The zero-order chi connectivity index (χ0) is 14.7. The van der Waals surface area contributed by atoms with Crippen LogP contribution >= 0.6 is 0 Å². The monoisotopic (exact) mass is 287 g/mol. The van der Waals surface area contributed by atoms with Crippen LogP contribution in [0.15, 0.2) is 24.3 Å². The van der Waals surface area contributed by atoms with E-state index in [0.29, 0.717) is 12.6 Å². The van der Waals surface area contributed by atoms with E-state index in [0.717, 1.165) is 12.5 Å². The van der Waals surface area contributed by atoms with Crippen LogP contribution in [0.25, 0.3) is 0 Å². The number of likely N-dealkylation sites (tertiary alicyclic amines) is 1. The number of nitrogens with zero attached hydrogens (tertiary/aromatic N) is 2. The Balaban J connectivity index is 1.56. The zero-order valence-corrected chi connectivity index (χ0v) is 13.3. The van der Waals surface area contributed by atoms with Gasteiger partial charge in [0.1, 0.15) is 0 Å². The average Bonchev–Trinajstić information content (AvgIpc) is 3.23. The Bertz CT molecular complexity index is 432. The molecule has 0 bridgehead atoms. The maximum atomic E-state index is 6.04. The van der Waals surface area contributed by atoms with Crippen molar-refractivity contribution in [3.8, 4) is 0 Å². The van der Waals surface area contributed by atoms with E-state index in [2.05, 4.69) is 41.1 Å². The van der Waals surface area contributed by atoms with Crippen molar-refractivity contribution < 1.29 is 0 Å². The van der Waals surface area contributed by atoms with Crippen LogP contribution in [0.3, 0.4) is 0 Å². The number of benzene rings is 1. The highest BCUT2D eigenvalue weighted by Crippen LogP contribution is 2.40. The van der Waals surface area contributed by atoms with E-state index in [1.807, 2.05) is 0 Å². The molecule has 0 aromatic heterocycles. The highest BCUT2D eigenvalue weighted by atomic mass is 15.2. The van der Waals surface area contributed by atoms with Crippen molar-refractivity contribution in [1.82, 2.24) is 9.80 Å². The molecule has 2 N–H and O–H groups in total. The van der Waals surface area contributed by atoms with Gasteiger partial charge < -0.3 is 10.6 Å². The first-order chi connectivity index (χ1) is 10.3. The van der Waals surface area contributed by atoms with E-state index in [-0.39, 0.29) is 0 Å². The lowest BCUT2D eigenvalue weighted by Crippen LogP contribution is -2.36. The molecule has 2 aliphatic rings. The molecule has 3 heteroatoms. The minimum atomic E-state index is 0.348. The van der Waals surface area contributed by atoms with Crippen LogP contribution in [0, 0.1) is 0 Å². The Morgan fingerprint density at radius 2 is 1.86 bits per heavy atom. The number of rotatable bonds is 7. The fourth-order valence-corrected chi connectivity index (χ4v) is 3.44. The fourth-order valence-electron chi connectivity index (χ4n) is 3.44. The van der Waals surface area contributed by atoms with Crippen LogP contribution in [0.4, 0.5) is 0 Å². The molecule has 0 amide bonds. The number of hydrogen-bond acceptors (Lipinski definition) is 3. The third kappa shape index (κ3) is 3.85. The molecule has 0 radical (unpaired) electrons. The fraction of sp³-hybridized carbons (Fsp3) is 0.667. The van der Waals surface area contributed by atoms with Gasteiger partial charge in [-0.2, -0.15) is 0 Å². The van der Waals surface area contributed by atoms with Crippen LogP contribution in [0.1, 0.15) is 48.8 Å². The van der Waals surface area contributed by atoms with E-state index in [1.165, 1.54) is 56.4 Å². The first-order valence-corrected chi connectivity index (χ1v) is 8.50.